The smallest absolute Gasteiger partial charge is 0.256 e. The summed E-state index contributed by atoms with van der Waals surface area (Å²) in [5, 5.41) is 9.95. The van der Waals surface area contributed by atoms with Crippen LogP contribution in [0.1, 0.15) is 43.5 Å². The van der Waals surface area contributed by atoms with Gasteiger partial charge in [0.1, 0.15) is 12.0 Å². The molecule has 0 bridgehead atoms. The average Bonchev–Trinajstić information content (AvgIpc) is 2.82. The first-order valence-corrected chi connectivity index (χ1v) is 10.4. The van der Waals surface area contributed by atoms with Crippen LogP contribution in [-0.4, -0.2) is 38.8 Å². The van der Waals surface area contributed by atoms with Gasteiger partial charge in [0.2, 0.25) is 0 Å². The number of hydrogen-bond acceptors (Lipinski definition) is 5. The highest BCUT2D eigenvalue weighted by Crippen LogP contribution is 2.38. The molecule has 3 rings (SSSR count). The van der Waals surface area contributed by atoms with Gasteiger partial charge in [-0.3, -0.25) is 9.78 Å². The number of piperidine rings is 1. The van der Waals surface area contributed by atoms with E-state index < -0.39 is 5.41 Å². The first-order chi connectivity index (χ1) is 15.0. The number of carbonyl (C=O) groups is 1. The Morgan fingerprint density at radius 2 is 2.03 bits per heavy atom. The molecule has 6 nitrogen and oxygen atoms in total. The number of amides is 1. The zero-order chi connectivity index (χ0) is 22.3. The molecule has 0 radical (unpaired) electrons. The number of carbonyl (C=O) groups excluding carboxylic acids is 1. The third kappa shape index (κ3) is 5.32. The predicted molar refractivity (Wildman–Crippen MR) is 121 cm³/mol. The third-order valence-electron chi connectivity index (χ3n) is 5.60. The average molecular weight is 414 g/mol. The van der Waals surface area contributed by atoms with Crippen molar-refractivity contribution in [2.75, 3.05) is 13.1 Å². The van der Waals surface area contributed by atoms with Gasteiger partial charge < -0.3 is 4.90 Å². The SMILES string of the molecule is C=C(C)/C=C\C(=C/C)CC1(C#N)CCN(C(=O)c2cccnc2-c2ccncn2)CC1. The van der Waals surface area contributed by atoms with E-state index in [2.05, 4.69) is 27.6 Å². The highest BCUT2D eigenvalue weighted by atomic mass is 16.2. The van der Waals surface area contributed by atoms with Gasteiger partial charge in [-0.2, -0.15) is 5.26 Å². The zero-order valence-corrected chi connectivity index (χ0v) is 18.1. The van der Waals surface area contributed by atoms with Crippen molar-refractivity contribution in [2.24, 2.45) is 5.41 Å². The molecular weight excluding hydrogens is 386 g/mol. The fourth-order valence-corrected chi connectivity index (χ4v) is 3.75. The number of rotatable bonds is 6. The summed E-state index contributed by atoms with van der Waals surface area (Å²) in [6, 6.07) is 7.82. The van der Waals surface area contributed by atoms with Crippen LogP contribution in [0.3, 0.4) is 0 Å². The van der Waals surface area contributed by atoms with Gasteiger partial charge in [0.05, 0.1) is 22.7 Å². The predicted octanol–water partition coefficient (Wildman–Crippen LogP) is 4.75. The summed E-state index contributed by atoms with van der Waals surface area (Å²) >= 11 is 0. The Labute approximate surface area is 183 Å². The number of likely N-dealkylation sites (tertiary alicyclic amines) is 1. The largest absolute Gasteiger partial charge is 0.338 e. The van der Waals surface area contributed by atoms with Crippen molar-refractivity contribution in [3.63, 3.8) is 0 Å². The number of pyridine rings is 1. The second-order valence-electron chi connectivity index (χ2n) is 7.90. The van der Waals surface area contributed by atoms with E-state index in [0.717, 1.165) is 11.1 Å². The van der Waals surface area contributed by atoms with Gasteiger partial charge in [0, 0.05) is 25.5 Å². The van der Waals surface area contributed by atoms with Crippen LogP contribution in [0, 0.1) is 16.7 Å². The quantitative estimate of drug-likeness (QED) is 0.638. The van der Waals surface area contributed by atoms with Crippen LogP contribution in [0.15, 0.2) is 72.9 Å². The van der Waals surface area contributed by atoms with Gasteiger partial charge >= 0.3 is 0 Å². The van der Waals surface area contributed by atoms with Gasteiger partial charge in [-0.1, -0.05) is 36.0 Å². The van der Waals surface area contributed by atoms with E-state index in [1.807, 2.05) is 37.0 Å². The minimum absolute atomic E-state index is 0.0818. The van der Waals surface area contributed by atoms with Crippen LogP contribution in [0.5, 0.6) is 0 Å². The summed E-state index contributed by atoms with van der Waals surface area (Å²) < 4.78 is 0. The fraction of sp³-hybridized carbons (Fsp3) is 0.320. The van der Waals surface area contributed by atoms with E-state index in [-0.39, 0.29) is 5.91 Å². The highest BCUT2D eigenvalue weighted by molar-refractivity contribution is 5.99. The van der Waals surface area contributed by atoms with Crippen LogP contribution in [0.4, 0.5) is 0 Å². The van der Waals surface area contributed by atoms with Gasteiger partial charge in [0.25, 0.3) is 5.91 Å². The topological polar surface area (TPSA) is 82.8 Å². The molecular formula is C25H27N5O. The molecule has 0 aliphatic carbocycles. The molecule has 0 spiro atoms. The van der Waals surface area contributed by atoms with Crippen LogP contribution >= 0.6 is 0 Å². The molecule has 6 heteroatoms. The minimum atomic E-state index is -0.470. The normalized spacial score (nSPS) is 16.2. The molecule has 0 saturated carbocycles. The lowest BCUT2D eigenvalue weighted by molar-refractivity contribution is 0.0648. The zero-order valence-electron chi connectivity index (χ0n) is 18.1. The Balaban J connectivity index is 1.74. The van der Waals surface area contributed by atoms with Crippen LogP contribution in [0.25, 0.3) is 11.4 Å². The molecule has 0 N–H and O–H groups in total. The second kappa shape index (κ2) is 9.94. The standard InChI is InChI=1S/C25H27N5O/c1-4-20(8-7-19(2)3)16-25(17-26)10-14-30(15-11-25)24(31)21-6-5-12-28-23(21)22-9-13-27-18-29-22/h4-9,12-13,18H,2,10-11,14-16H2,1,3H3/b8-7-,20-4+. The van der Waals surface area contributed by atoms with Gasteiger partial charge in [-0.25, -0.2) is 9.97 Å². The van der Waals surface area contributed by atoms with E-state index in [0.29, 0.717) is 49.3 Å². The van der Waals surface area contributed by atoms with Crippen molar-refractivity contribution in [2.45, 2.75) is 33.1 Å². The lowest BCUT2D eigenvalue weighted by Gasteiger charge is -2.37. The molecule has 1 aliphatic heterocycles. The summed E-state index contributed by atoms with van der Waals surface area (Å²) in [5.74, 6) is -0.0818. The van der Waals surface area contributed by atoms with Crippen LogP contribution in [0.2, 0.25) is 0 Å². The number of nitriles is 1. The Hall–Kier alpha value is -3.59. The Morgan fingerprint density at radius 3 is 2.65 bits per heavy atom. The van der Waals surface area contributed by atoms with Crippen molar-refractivity contribution < 1.29 is 4.79 Å². The fourth-order valence-electron chi connectivity index (χ4n) is 3.75. The summed E-state index contributed by atoms with van der Waals surface area (Å²) in [5.41, 5.74) is 3.30. The molecule has 2 aromatic rings. The first kappa shape index (κ1) is 22.1. The lowest BCUT2D eigenvalue weighted by atomic mass is 9.74. The number of allylic oxidation sites excluding steroid dienone is 5. The van der Waals surface area contributed by atoms with Crippen molar-refractivity contribution in [1.29, 1.82) is 5.26 Å². The molecule has 3 heterocycles. The van der Waals surface area contributed by atoms with Crippen molar-refractivity contribution >= 4 is 5.91 Å². The minimum Gasteiger partial charge on any atom is -0.338 e. The summed E-state index contributed by atoms with van der Waals surface area (Å²) in [4.78, 5) is 27.6. The molecule has 0 atom stereocenters. The molecule has 0 unspecified atom stereocenters. The summed E-state index contributed by atoms with van der Waals surface area (Å²) in [6.45, 7) is 8.89. The van der Waals surface area contributed by atoms with Crippen LogP contribution < -0.4 is 0 Å². The molecule has 1 fully saturated rings. The maximum atomic E-state index is 13.3. The van der Waals surface area contributed by atoms with E-state index in [9.17, 15) is 10.1 Å². The lowest BCUT2D eigenvalue weighted by Crippen LogP contribution is -2.43. The Morgan fingerprint density at radius 1 is 1.26 bits per heavy atom. The maximum absolute atomic E-state index is 13.3. The summed E-state index contributed by atoms with van der Waals surface area (Å²) in [7, 11) is 0. The second-order valence-corrected chi connectivity index (χ2v) is 7.90. The van der Waals surface area contributed by atoms with Crippen molar-refractivity contribution in [3.05, 3.63) is 78.4 Å². The number of hydrogen-bond donors (Lipinski definition) is 0. The highest BCUT2D eigenvalue weighted by Gasteiger charge is 2.37. The van der Waals surface area contributed by atoms with Crippen molar-refractivity contribution in [1.82, 2.24) is 19.9 Å². The first-order valence-electron chi connectivity index (χ1n) is 10.4. The van der Waals surface area contributed by atoms with Crippen LogP contribution in [-0.2, 0) is 0 Å². The molecule has 1 amide bonds. The Bertz CT molecular complexity index is 1040. The molecule has 1 aliphatic rings. The molecule has 158 valence electrons. The maximum Gasteiger partial charge on any atom is 0.256 e. The van der Waals surface area contributed by atoms with Crippen molar-refractivity contribution in [3.8, 4) is 17.5 Å². The van der Waals surface area contributed by atoms with Gasteiger partial charge in [0.15, 0.2) is 0 Å². The van der Waals surface area contributed by atoms with Gasteiger partial charge in [-0.05, 0) is 51.3 Å². The molecule has 31 heavy (non-hydrogen) atoms. The number of aromatic nitrogens is 3. The van der Waals surface area contributed by atoms with Gasteiger partial charge in [-0.15, -0.1) is 0 Å². The number of nitrogens with zero attached hydrogens (tertiary/aromatic N) is 5. The van der Waals surface area contributed by atoms with E-state index in [1.165, 1.54) is 6.33 Å². The van der Waals surface area contributed by atoms with E-state index in [1.54, 1.807) is 30.6 Å². The summed E-state index contributed by atoms with van der Waals surface area (Å²) in [6.07, 6.45) is 12.7. The molecule has 2 aromatic heterocycles. The van der Waals surface area contributed by atoms with E-state index >= 15 is 0 Å². The Kier molecular flexibility index (Phi) is 7.09. The molecule has 0 aromatic carbocycles. The third-order valence-corrected chi connectivity index (χ3v) is 5.60. The monoisotopic (exact) mass is 413 g/mol. The van der Waals surface area contributed by atoms with E-state index in [4.69, 9.17) is 0 Å². The molecule has 1 saturated heterocycles.